The number of aryl methyl sites for hydroxylation is 1. The van der Waals surface area contributed by atoms with Crippen molar-refractivity contribution < 1.29 is 18.8 Å². The molecule has 0 aromatic carbocycles. The number of halogens is 1. The molecule has 0 saturated carbocycles. The molecule has 1 aromatic heterocycles. The Balaban J connectivity index is 1.43. The van der Waals surface area contributed by atoms with E-state index >= 15 is 0 Å². The van der Waals surface area contributed by atoms with Gasteiger partial charge in [0.1, 0.15) is 18.8 Å². The zero-order valence-corrected chi connectivity index (χ0v) is 15.5. The van der Waals surface area contributed by atoms with Gasteiger partial charge in [0.05, 0.1) is 6.54 Å². The maximum absolute atomic E-state index is 14.1. The minimum atomic E-state index is -1.17. The Morgan fingerprint density at radius 1 is 1.21 bits per heavy atom. The molecule has 3 amide bonds. The average molecular weight is 393 g/mol. The molecule has 2 aliphatic rings. The summed E-state index contributed by atoms with van der Waals surface area (Å²) in [6.45, 7) is 0.767. The van der Waals surface area contributed by atoms with Gasteiger partial charge in [-0.05, 0) is 12.8 Å². The molecule has 0 spiro atoms. The molecule has 1 saturated heterocycles. The molecule has 28 heavy (non-hydrogen) atoms. The highest BCUT2D eigenvalue weighted by molar-refractivity contribution is 5.94. The predicted molar refractivity (Wildman–Crippen MR) is 96.7 cm³/mol. The van der Waals surface area contributed by atoms with E-state index in [0.29, 0.717) is 32.4 Å². The Kier molecular flexibility index (Phi) is 6.66. The number of alkyl halides is 1. The molecule has 1 fully saturated rings. The van der Waals surface area contributed by atoms with Crippen molar-refractivity contribution in [1.29, 1.82) is 0 Å². The summed E-state index contributed by atoms with van der Waals surface area (Å²) >= 11 is 0. The van der Waals surface area contributed by atoms with Crippen LogP contribution in [0.3, 0.4) is 0 Å². The van der Waals surface area contributed by atoms with Gasteiger partial charge in [0, 0.05) is 50.5 Å². The maximum Gasteiger partial charge on any atom is 0.240 e. The Morgan fingerprint density at radius 3 is 2.71 bits per heavy atom. The van der Waals surface area contributed by atoms with Crippen LogP contribution in [-0.4, -0.2) is 68.4 Å². The summed E-state index contributed by atoms with van der Waals surface area (Å²) in [7, 11) is 0. The first-order valence-electron chi connectivity index (χ1n) is 9.37. The van der Waals surface area contributed by atoms with Crippen molar-refractivity contribution in [1.82, 2.24) is 30.4 Å². The molecular weight excluding hydrogens is 369 g/mol. The summed E-state index contributed by atoms with van der Waals surface area (Å²) in [6.07, 6.45) is 3.86. The zero-order valence-electron chi connectivity index (χ0n) is 15.5. The molecule has 0 unspecified atom stereocenters. The summed E-state index contributed by atoms with van der Waals surface area (Å²) in [4.78, 5) is 37.1. The van der Waals surface area contributed by atoms with E-state index in [1.54, 1.807) is 4.57 Å². The van der Waals surface area contributed by atoms with Gasteiger partial charge in [-0.1, -0.05) is 0 Å². The van der Waals surface area contributed by atoms with Crippen LogP contribution in [0.4, 0.5) is 4.39 Å². The van der Waals surface area contributed by atoms with Crippen LogP contribution in [0.1, 0.15) is 38.5 Å². The second-order valence-corrected chi connectivity index (χ2v) is 7.06. The first kappa shape index (κ1) is 19.9. The summed E-state index contributed by atoms with van der Waals surface area (Å²) in [6, 6.07) is -0.414. The quantitative estimate of drug-likeness (QED) is 0.663. The highest BCUT2D eigenvalue weighted by Crippen LogP contribution is 2.16. The first-order valence-corrected chi connectivity index (χ1v) is 9.37. The number of rotatable bonds is 7. The molecule has 2 atom stereocenters. The number of likely N-dealkylation sites (tertiary alicyclic amines) is 1. The molecule has 2 N–H and O–H groups in total. The van der Waals surface area contributed by atoms with Gasteiger partial charge in [-0.3, -0.25) is 14.4 Å². The zero-order chi connectivity index (χ0) is 19.9. The van der Waals surface area contributed by atoms with Gasteiger partial charge in [-0.25, -0.2) is 9.82 Å². The van der Waals surface area contributed by atoms with E-state index in [1.807, 2.05) is 0 Å². The van der Waals surface area contributed by atoms with E-state index in [9.17, 15) is 18.8 Å². The van der Waals surface area contributed by atoms with Crippen LogP contribution in [-0.2, 0) is 20.9 Å². The SMILES string of the molecule is O=C1CCC(CCC(=O)N[C@H]2C[C@@H](F)CN(C(=O)CCn3cnnc3)C2)=NN1. The van der Waals surface area contributed by atoms with Crippen molar-refractivity contribution in [2.45, 2.75) is 57.3 Å². The maximum atomic E-state index is 14.1. The molecule has 152 valence electrons. The van der Waals surface area contributed by atoms with E-state index in [2.05, 4.69) is 26.0 Å². The fourth-order valence-electron chi connectivity index (χ4n) is 3.32. The van der Waals surface area contributed by atoms with Crippen molar-refractivity contribution >= 4 is 23.4 Å². The predicted octanol–water partition coefficient (Wildman–Crippen LogP) is -0.230. The van der Waals surface area contributed by atoms with Gasteiger partial charge >= 0.3 is 0 Å². The highest BCUT2D eigenvalue weighted by Gasteiger charge is 2.30. The number of amides is 3. The fraction of sp³-hybridized carbons (Fsp3) is 0.647. The third kappa shape index (κ3) is 5.83. The van der Waals surface area contributed by atoms with Crippen LogP contribution in [0.2, 0.25) is 0 Å². The van der Waals surface area contributed by atoms with E-state index in [1.165, 1.54) is 17.6 Å². The molecule has 3 rings (SSSR count). The Labute approximate surface area is 161 Å². The monoisotopic (exact) mass is 393 g/mol. The lowest BCUT2D eigenvalue weighted by Crippen LogP contribution is -2.53. The minimum Gasteiger partial charge on any atom is -0.351 e. The normalized spacial score (nSPS) is 22.4. The van der Waals surface area contributed by atoms with Crippen molar-refractivity contribution in [3.8, 4) is 0 Å². The van der Waals surface area contributed by atoms with Crippen LogP contribution >= 0.6 is 0 Å². The molecular formula is C17H24FN7O3. The number of hydrogen-bond acceptors (Lipinski definition) is 6. The molecule has 0 bridgehead atoms. The summed E-state index contributed by atoms with van der Waals surface area (Å²) in [5, 5.41) is 14.1. The van der Waals surface area contributed by atoms with Gasteiger partial charge in [-0.15, -0.1) is 10.2 Å². The van der Waals surface area contributed by atoms with Crippen molar-refractivity contribution in [2.75, 3.05) is 13.1 Å². The number of piperidine rings is 1. The first-order chi connectivity index (χ1) is 13.5. The number of hydrazone groups is 1. The molecule has 2 aliphatic heterocycles. The van der Waals surface area contributed by atoms with Crippen molar-refractivity contribution in [3.05, 3.63) is 12.7 Å². The van der Waals surface area contributed by atoms with E-state index < -0.39 is 12.2 Å². The van der Waals surface area contributed by atoms with E-state index in [0.717, 1.165) is 5.71 Å². The van der Waals surface area contributed by atoms with Crippen LogP contribution in [0, 0.1) is 0 Å². The van der Waals surface area contributed by atoms with Gasteiger partial charge in [0.15, 0.2) is 0 Å². The summed E-state index contributed by atoms with van der Waals surface area (Å²) in [5.74, 6) is -0.503. The van der Waals surface area contributed by atoms with Gasteiger partial charge < -0.3 is 14.8 Å². The smallest absolute Gasteiger partial charge is 0.240 e. The van der Waals surface area contributed by atoms with Crippen molar-refractivity contribution in [2.24, 2.45) is 5.10 Å². The minimum absolute atomic E-state index is 0.0455. The van der Waals surface area contributed by atoms with Crippen LogP contribution in [0.15, 0.2) is 17.8 Å². The Morgan fingerprint density at radius 2 is 2.00 bits per heavy atom. The van der Waals surface area contributed by atoms with Gasteiger partial charge in [-0.2, -0.15) is 5.10 Å². The third-order valence-corrected chi connectivity index (χ3v) is 4.79. The van der Waals surface area contributed by atoms with Crippen LogP contribution in [0.5, 0.6) is 0 Å². The second kappa shape index (κ2) is 9.38. The summed E-state index contributed by atoms with van der Waals surface area (Å²) < 4.78 is 15.8. The molecule has 10 nitrogen and oxygen atoms in total. The number of carbonyl (C=O) groups excluding carboxylic acids is 3. The van der Waals surface area contributed by atoms with E-state index in [4.69, 9.17) is 0 Å². The molecule has 11 heteroatoms. The Hall–Kier alpha value is -2.85. The third-order valence-electron chi connectivity index (χ3n) is 4.79. The van der Waals surface area contributed by atoms with Crippen LogP contribution in [0.25, 0.3) is 0 Å². The molecule has 1 aromatic rings. The molecule has 0 aliphatic carbocycles. The van der Waals surface area contributed by atoms with Gasteiger partial charge in [0.25, 0.3) is 0 Å². The summed E-state index contributed by atoms with van der Waals surface area (Å²) in [5.41, 5.74) is 3.17. The standard InChI is InChI=1S/C17H24FN7O3/c18-12-7-14(21-15(26)3-1-13-2-4-16(27)23-22-13)9-25(8-12)17(28)5-6-24-10-19-20-11-24/h10-12,14H,1-9H2,(H,21,26)(H,23,27)/t12-,14+/m1/s1. The topological polar surface area (TPSA) is 122 Å². The average Bonchev–Trinajstić information content (AvgIpc) is 3.19. The van der Waals surface area contributed by atoms with Crippen molar-refractivity contribution in [3.63, 3.8) is 0 Å². The molecule has 3 heterocycles. The van der Waals surface area contributed by atoms with E-state index in [-0.39, 0.29) is 43.5 Å². The fourth-order valence-corrected chi connectivity index (χ4v) is 3.32. The lowest BCUT2D eigenvalue weighted by molar-refractivity contribution is -0.135. The largest absolute Gasteiger partial charge is 0.351 e. The number of aromatic nitrogens is 3. The van der Waals surface area contributed by atoms with Gasteiger partial charge in [0.2, 0.25) is 17.7 Å². The van der Waals surface area contributed by atoms with Crippen LogP contribution < -0.4 is 10.7 Å². The Bertz CT molecular complexity index is 737. The number of nitrogens with one attached hydrogen (secondary N) is 2. The molecule has 0 radical (unpaired) electrons. The second-order valence-electron chi connectivity index (χ2n) is 7.06. The number of hydrogen-bond donors (Lipinski definition) is 2. The highest BCUT2D eigenvalue weighted by atomic mass is 19.1. The number of carbonyl (C=O) groups is 3. The lowest BCUT2D eigenvalue weighted by atomic mass is 10.0. The number of nitrogens with zero attached hydrogens (tertiary/aromatic N) is 5. The lowest BCUT2D eigenvalue weighted by Gasteiger charge is -2.35.